The molecule has 5 nitrogen and oxygen atoms in total. The summed E-state index contributed by atoms with van der Waals surface area (Å²) in [6, 6.07) is 9.61. The number of aliphatic carboxylic acids is 1. The van der Waals surface area contributed by atoms with E-state index in [0.29, 0.717) is 12.8 Å². The largest absolute Gasteiger partial charge is 0.481 e. The van der Waals surface area contributed by atoms with Crippen LogP contribution in [-0.4, -0.2) is 26.1 Å². The van der Waals surface area contributed by atoms with Gasteiger partial charge in [-0.1, -0.05) is 18.2 Å². The number of rotatable bonds is 5. The van der Waals surface area contributed by atoms with Gasteiger partial charge in [0, 0.05) is 6.42 Å². The third kappa shape index (κ3) is 3.14. The van der Waals surface area contributed by atoms with Gasteiger partial charge in [0.05, 0.1) is 17.6 Å². The molecule has 0 unspecified atom stereocenters. The molecule has 88 valence electrons. The van der Waals surface area contributed by atoms with Crippen LogP contribution in [0.1, 0.15) is 18.5 Å². The van der Waals surface area contributed by atoms with Crippen LogP contribution < -0.4 is 0 Å². The maximum absolute atomic E-state index is 10.4. The van der Waals surface area contributed by atoms with E-state index in [9.17, 15) is 4.79 Å². The van der Waals surface area contributed by atoms with Gasteiger partial charge in [-0.05, 0) is 25.0 Å². The number of carbonyl (C=O) groups is 1. The molecule has 0 atom stereocenters. The van der Waals surface area contributed by atoms with Crippen LogP contribution in [0, 0.1) is 0 Å². The van der Waals surface area contributed by atoms with Crippen LogP contribution in [0.25, 0.3) is 5.69 Å². The lowest BCUT2D eigenvalue weighted by Crippen LogP contribution is -1.99. The molecule has 0 radical (unpaired) electrons. The highest BCUT2D eigenvalue weighted by atomic mass is 16.4. The summed E-state index contributed by atoms with van der Waals surface area (Å²) in [4.78, 5) is 11.9. The third-order valence-corrected chi connectivity index (χ3v) is 2.35. The number of hydrogen-bond donors (Lipinski definition) is 1. The summed E-state index contributed by atoms with van der Waals surface area (Å²) in [6.07, 6.45) is 3.06. The second-order valence-corrected chi connectivity index (χ2v) is 3.71. The van der Waals surface area contributed by atoms with Crippen LogP contribution in [0.4, 0.5) is 0 Å². The Hall–Kier alpha value is -2.17. The molecule has 1 N–H and O–H groups in total. The molecule has 5 heteroatoms. The molecule has 0 amide bonds. The molecule has 0 aliphatic rings. The monoisotopic (exact) mass is 231 g/mol. The van der Waals surface area contributed by atoms with Crippen molar-refractivity contribution in [3.8, 4) is 5.69 Å². The van der Waals surface area contributed by atoms with Crippen LogP contribution >= 0.6 is 0 Å². The van der Waals surface area contributed by atoms with Crippen molar-refractivity contribution in [3.05, 3.63) is 42.2 Å². The second-order valence-electron chi connectivity index (χ2n) is 3.71. The predicted molar refractivity (Wildman–Crippen MR) is 61.9 cm³/mol. The van der Waals surface area contributed by atoms with E-state index in [1.807, 2.05) is 30.3 Å². The average molecular weight is 231 g/mol. The summed E-state index contributed by atoms with van der Waals surface area (Å²) in [5, 5.41) is 17.0. The van der Waals surface area contributed by atoms with Crippen molar-refractivity contribution >= 4 is 5.97 Å². The molecule has 0 aliphatic heterocycles. The summed E-state index contributed by atoms with van der Waals surface area (Å²) in [5.74, 6) is -0.777. The maximum atomic E-state index is 10.4. The maximum Gasteiger partial charge on any atom is 0.303 e. The van der Waals surface area contributed by atoms with E-state index >= 15 is 0 Å². The Kier molecular flexibility index (Phi) is 3.49. The van der Waals surface area contributed by atoms with Gasteiger partial charge in [0.2, 0.25) is 0 Å². The van der Waals surface area contributed by atoms with Gasteiger partial charge < -0.3 is 5.11 Å². The van der Waals surface area contributed by atoms with Crippen LogP contribution in [-0.2, 0) is 11.2 Å². The average Bonchev–Trinajstić information content (AvgIpc) is 2.78. The Balaban J connectivity index is 1.99. The van der Waals surface area contributed by atoms with Crippen molar-refractivity contribution in [1.82, 2.24) is 15.0 Å². The molecule has 2 rings (SSSR count). The standard InChI is InChI=1S/C12H13N3O2/c16-12(17)8-4-5-10-9-13-15(14-10)11-6-2-1-3-7-11/h1-3,6-7,9H,4-5,8H2,(H,16,17). The van der Waals surface area contributed by atoms with E-state index in [1.54, 1.807) is 11.0 Å². The van der Waals surface area contributed by atoms with Gasteiger partial charge in [-0.25, -0.2) is 0 Å². The molecule has 0 saturated carbocycles. The normalized spacial score (nSPS) is 10.4. The SMILES string of the molecule is O=C(O)CCCc1cnn(-c2ccccc2)n1. The minimum Gasteiger partial charge on any atom is -0.481 e. The molecule has 0 aliphatic carbocycles. The number of aryl methyl sites for hydroxylation is 1. The van der Waals surface area contributed by atoms with Gasteiger partial charge in [-0.3, -0.25) is 4.79 Å². The highest BCUT2D eigenvalue weighted by Gasteiger charge is 2.03. The molecular weight excluding hydrogens is 218 g/mol. The zero-order valence-electron chi connectivity index (χ0n) is 9.28. The van der Waals surface area contributed by atoms with Crippen molar-refractivity contribution in [3.63, 3.8) is 0 Å². The molecule has 2 aromatic rings. The zero-order chi connectivity index (χ0) is 12.1. The van der Waals surface area contributed by atoms with E-state index in [2.05, 4.69) is 10.2 Å². The van der Waals surface area contributed by atoms with Crippen molar-refractivity contribution < 1.29 is 9.90 Å². The number of benzene rings is 1. The highest BCUT2D eigenvalue weighted by Crippen LogP contribution is 2.06. The molecule has 1 aromatic carbocycles. The fourth-order valence-corrected chi connectivity index (χ4v) is 1.52. The lowest BCUT2D eigenvalue weighted by atomic mass is 10.2. The summed E-state index contributed by atoms with van der Waals surface area (Å²) < 4.78 is 0. The van der Waals surface area contributed by atoms with Crippen LogP contribution in [0.3, 0.4) is 0 Å². The zero-order valence-corrected chi connectivity index (χ0v) is 9.28. The van der Waals surface area contributed by atoms with Gasteiger partial charge in [0.25, 0.3) is 0 Å². The first-order valence-corrected chi connectivity index (χ1v) is 5.44. The lowest BCUT2D eigenvalue weighted by Gasteiger charge is -1.97. The third-order valence-electron chi connectivity index (χ3n) is 2.35. The van der Waals surface area contributed by atoms with E-state index in [-0.39, 0.29) is 6.42 Å². The van der Waals surface area contributed by atoms with Gasteiger partial charge in [0.15, 0.2) is 0 Å². The quantitative estimate of drug-likeness (QED) is 0.850. The van der Waals surface area contributed by atoms with Gasteiger partial charge in [0.1, 0.15) is 0 Å². The van der Waals surface area contributed by atoms with E-state index < -0.39 is 5.97 Å². The van der Waals surface area contributed by atoms with Crippen LogP contribution in [0.15, 0.2) is 36.5 Å². The molecule has 17 heavy (non-hydrogen) atoms. The Morgan fingerprint density at radius 3 is 2.76 bits per heavy atom. The molecule has 1 heterocycles. The number of para-hydroxylation sites is 1. The van der Waals surface area contributed by atoms with Gasteiger partial charge in [-0.15, -0.1) is 0 Å². The number of nitrogens with zero attached hydrogens (tertiary/aromatic N) is 3. The lowest BCUT2D eigenvalue weighted by molar-refractivity contribution is -0.137. The van der Waals surface area contributed by atoms with E-state index in [1.165, 1.54) is 0 Å². The summed E-state index contributed by atoms with van der Waals surface area (Å²) in [6.45, 7) is 0. The van der Waals surface area contributed by atoms with Crippen molar-refractivity contribution in [1.29, 1.82) is 0 Å². The minimum absolute atomic E-state index is 0.165. The van der Waals surface area contributed by atoms with Crippen LogP contribution in [0.2, 0.25) is 0 Å². The first-order chi connectivity index (χ1) is 8.25. The molecule has 0 fully saturated rings. The topological polar surface area (TPSA) is 68.0 Å². The Labute approximate surface area is 98.7 Å². The fraction of sp³-hybridized carbons (Fsp3) is 0.250. The highest BCUT2D eigenvalue weighted by molar-refractivity contribution is 5.66. The van der Waals surface area contributed by atoms with Gasteiger partial charge in [-0.2, -0.15) is 15.0 Å². The van der Waals surface area contributed by atoms with Crippen molar-refractivity contribution in [2.45, 2.75) is 19.3 Å². The first-order valence-electron chi connectivity index (χ1n) is 5.44. The molecule has 0 saturated heterocycles. The van der Waals surface area contributed by atoms with Crippen molar-refractivity contribution in [2.24, 2.45) is 0 Å². The van der Waals surface area contributed by atoms with E-state index in [4.69, 9.17) is 5.11 Å². The minimum atomic E-state index is -0.777. The predicted octanol–water partition coefficient (Wildman–Crippen LogP) is 1.67. The summed E-state index contributed by atoms with van der Waals surface area (Å²) >= 11 is 0. The first kappa shape index (κ1) is 11.3. The van der Waals surface area contributed by atoms with Gasteiger partial charge >= 0.3 is 5.97 Å². The fourth-order valence-electron chi connectivity index (χ4n) is 1.52. The van der Waals surface area contributed by atoms with Crippen molar-refractivity contribution in [2.75, 3.05) is 0 Å². The van der Waals surface area contributed by atoms with Crippen LogP contribution in [0.5, 0.6) is 0 Å². The molecule has 0 spiro atoms. The Bertz CT molecular complexity index is 493. The molecular formula is C12H13N3O2. The summed E-state index contributed by atoms with van der Waals surface area (Å²) in [5.41, 5.74) is 1.71. The second kappa shape index (κ2) is 5.25. The number of hydrogen-bond acceptors (Lipinski definition) is 3. The number of carboxylic acid groups (broad SMARTS) is 1. The smallest absolute Gasteiger partial charge is 0.303 e. The Morgan fingerprint density at radius 2 is 2.06 bits per heavy atom. The Morgan fingerprint density at radius 1 is 1.29 bits per heavy atom. The molecule has 1 aromatic heterocycles. The number of aromatic nitrogens is 3. The molecule has 0 bridgehead atoms. The summed E-state index contributed by atoms with van der Waals surface area (Å²) in [7, 11) is 0. The number of carboxylic acids is 1. The van der Waals surface area contributed by atoms with E-state index in [0.717, 1.165) is 11.4 Å².